The van der Waals surface area contributed by atoms with Crippen molar-refractivity contribution in [3.63, 3.8) is 0 Å². The molecule has 0 spiro atoms. The van der Waals surface area contributed by atoms with E-state index in [0.29, 0.717) is 23.8 Å². The molecule has 19 heavy (non-hydrogen) atoms. The Morgan fingerprint density at radius 3 is 2.58 bits per heavy atom. The van der Waals surface area contributed by atoms with Gasteiger partial charge in [-0.3, -0.25) is 0 Å². The molecule has 0 aromatic carbocycles. The highest BCUT2D eigenvalue weighted by atomic mass is 35.5. The molecule has 0 amide bonds. The number of halogens is 1. The minimum atomic E-state index is 0.436. The number of nitrogens with zero attached hydrogens (tertiary/aromatic N) is 3. The Hall–Kier alpha value is -0.610. The highest BCUT2D eigenvalue weighted by Crippen LogP contribution is 2.32. The van der Waals surface area contributed by atoms with Crippen LogP contribution in [0.25, 0.3) is 0 Å². The number of hydrogen-bond donors (Lipinski definition) is 0. The van der Waals surface area contributed by atoms with Gasteiger partial charge < -0.3 is 9.30 Å². The maximum atomic E-state index is 5.93. The van der Waals surface area contributed by atoms with Gasteiger partial charge in [0.15, 0.2) is 0 Å². The summed E-state index contributed by atoms with van der Waals surface area (Å²) in [5, 5.41) is 8.52. The molecule has 0 atom stereocenters. The van der Waals surface area contributed by atoms with Crippen LogP contribution in [0.15, 0.2) is 0 Å². The van der Waals surface area contributed by atoms with Gasteiger partial charge in [-0.15, -0.1) is 21.8 Å². The van der Waals surface area contributed by atoms with Crippen molar-refractivity contribution >= 4 is 11.6 Å². The average Bonchev–Trinajstić information content (AvgIpc) is 2.68. The largest absolute Gasteiger partial charge is 0.378 e. The van der Waals surface area contributed by atoms with E-state index in [-0.39, 0.29) is 0 Å². The molecule has 108 valence electrons. The lowest BCUT2D eigenvalue weighted by Crippen LogP contribution is -2.33. The maximum Gasteiger partial charge on any atom is 0.147 e. The van der Waals surface area contributed by atoms with Crippen LogP contribution in [0.2, 0.25) is 0 Å². The zero-order chi connectivity index (χ0) is 13.8. The second-order valence-electron chi connectivity index (χ2n) is 5.79. The van der Waals surface area contributed by atoms with Crippen molar-refractivity contribution in [2.24, 2.45) is 11.8 Å². The predicted molar refractivity (Wildman–Crippen MR) is 76.3 cm³/mol. The Labute approximate surface area is 120 Å². The lowest BCUT2D eigenvalue weighted by Gasteiger charge is -2.34. The van der Waals surface area contributed by atoms with Gasteiger partial charge in [-0.25, -0.2) is 0 Å². The summed E-state index contributed by atoms with van der Waals surface area (Å²) < 4.78 is 7.80. The molecule has 0 aliphatic heterocycles. The molecule has 4 nitrogen and oxygen atoms in total. The van der Waals surface area contributed by atoms with E-state index in [9.17, 15) is 0 Å². The van der Waals surface area contributed by atoms with Gasteiger partial charge in [0.1, 0.15) is 11.6 Å². The lowest BCUT2D eigenvalue weighted by molar-refractivity contribution is -0.0247. The van der Waals surface area contributed by atoms with Crippen LogP contribution in [0.5, 0.6) is 0 Å². The fourth-order valence-corrected chi connectivity index (χ4v) is 2.87. The number of aromatic nitrogens is 3. The van der Waals surface area contributed by atoms with Crippen LogP contribution in [0.1, 0.15) is 45.3 Å². The van der Waals surface area contributed by atoms with Gasteiger partial charge in [-0.05, 0) is 31.6 Å². The van der Waals surface area contributed by atoms with Crippen LogP contribution in [-0.4, -0.2) is 27.5 Å². The van der Waals surface area contributed by atoms with E-state index in [1.165, 1.54) is 0 Å². The quantitative estimate of drug-likeness (QED) is 0.723. The first-order chi connectivity index (χ1) is 9.13. The van der Waals surface area contributed by atoms with Crippen molar-refractivity contribution in [3.8, 4) is 0 Å². The summed E-state index contributed by atoms with van der Waals surface area (Å²) in [6.45, 7) is 8.23. The van der Waals surface area contributed by atoms with Crippen LogP contribution in [-0.2, 0) is 23.6 Å². The summed E-state index contributed by atoms with van der Waals surface area (Å²) in [5.74, 6) is 3.69. The first-order valence-electron chi connectivity index (χ1n) is 7.22. The first kappa shape index (κ1) is 14.8. The summed E-state index contributed by atoms with van der Waals surface area (Å²) in [7, 11) is 0. The highest BCUT2D eigenvalue weighted by Gasteiger charge is 2.31. The molecule has 0 N–H and O–H groups in total. The van der Waals surface area contributed by atoms with E-state index in [1.54, 1.807) is 0 Å². The monoisotopic (exact) mass is 285 g/mol. The Bertz CT molecular complexity index is 399. The van der Waals surface area contributed by atoms with E-state index in [1.807, 2.05) is 0 Å². The SMILES string of the molecule is CCOC1CC(Cc2nnc(CCl)n2CC(C)C)C1. The Morgan fingerprint density at radius 2 is 2.00 bits per heavy atom. The van der Waals surface area contributed by atoms with E-state index < -0.39 is 0 Å². The molecule has 0 unspecified atom stereocenters. The van der Waals surface area contributed by atoms with Crippen molar-refractivity contribution in [1.29, 1.82) is 0 Å². The summed E-state index contributed by atoms with van der Waals surface area (Å²) in [6, 6.07) is 0. The van der Waals surface area contributed by atoms with Crippen molar-refractivity contribution in [1.82, 2.24) is 14.8 Å². The number of hydrogen-bond acceptors (Lipinski definition) is 3. The number of ether oxygens (including phenoxy) is 1. The minimum Gasteiger partial charge on any atom is -0.378 e. The molecule has 0 radical (unpaired) electrons. The van der Waals surface area contributed by atoms with Crippen molar-refractivity contribution < 1.29 is 4.74 Å². The molecule has 1 fully saturated rings. The van der Waals surface area contributed by atoms with Crippen LogP contribution in [0, 0.1) is 11.8 Å². The third kappa shape index (κ3) is 3.69. The smallest absolute Gasteiger partial charge is 0.147 e. The molecule has 5 heteroatoms. The van der Waals surface area contributed by atoms with Gasteiger partial charge in [0.2, 0.25) is 0 Å². The fourth-order valence-electron chi connectivity index (χ4n) is 2.67. The average molecular weight is 286 g/mol. The Kier molecular flexibility index (Phi) is 5.22. The number of alkyl halides is 1. The van der Waals surface area contributed by atoms with Gasteiger partial charge >= 0.3 is 0 Å². The third-order valence-electron chi connectivity index (χ3n) is 3.64. The second kappa shape index (κ2) is 6.71. The summed E-state index contributed by atoms with van der Waals surface area (Å²) in [4.78, 5) is 0. The lowest BCUT2D eigenvalue weighted by atomic mass is 9.80. The summed E-state index contributed by atoms with van der Waals surface area (Å²) in [6.07, 6.45) is 3.76. The zero-order valence-corrected chi connectivity index (χ0v) is 12.9. The predicted octanol–water partition coefficient (Wildman–Crippen LogP) is 3.03. The molecule has 1 aromatic rings. The normalized spacial score (nSPS) is 22.8. The van der Waals surface area contributed by atoms with Crippen LogP contribution < -0.4 is 0 Å². The molecule has 0 bridgehead atoms. The topological polar surface area (TPSA) is 39.9 Å². The minimum absolute atomic E-state index is 0.436. The van der Waals surface area contributed by atoms with Crippen LogP contribution >= 0.6 is 11.6 Å². The van der Waals surface area contributed by atoms with Gasteiger partial charge in [0.05, 0.1) is 12.0 Å². The van der Waals surface area contributed by atoms with Crippen LogP contribution in [0.3, 0.4) is 0 Å². The van der Waals surface area contributed by atoms with Crippen LogP contribution in [0.4, 0.5) is 0 Å². The molecular weight excluding hydrogens is 262 g/mol. The molecular formula is C14H24ClN3O. The highest BCUT2D eigenvalue weighted by molar-refractivity contribution is 6.16. The number of rotatable bonds is 7. The van der Waals surface area contributed by atoms with Gasteiger partial charge in [0, 0.05) is 19.6 Å². The van der Waals surface area contributed by atoms with E-state index in [2.05, 4.69) is 35.5 Å². The molecule has 1 aromatic heterocycles. The van der Waals surface area contributed by atoms with Gasteiger partial charge in [0.25, 0.3) is 0 Å². The van der Waals surface area contributed by atoms with E-state index in [4.69, 9.17) is 16.3 Å². The molecule has 1 aliphatic carbocycles. The van der Waals surface area contributed by atoms with Gasteiger partial charge in [-0.2, -0.15) is 0 Å². The molecule has 1 saturated carbocycles. The second-order valence-corrected chi connectivity index (χ2v) is 6.06. The van der Waals surface area contributed by atoms with E-state index in [0.717, 1.165) is 44.1 Å². The zero-order valence-electron chi connectivity index (χ0n) is 12.1. The molecule has 0 saturated heterocycles. The Morgan fingerprint density at radius 1 is 1.32 bits per heavy atom. The first-order valence-corrected chi connectivity index (χ1v) is 7.76. The van der Waals surface area contributed by atoms with Crippen molar-refractivity contribution in [3.05, 3.63) is 11.6 Å². The molecule has 2 rings (SSSR count). The van der Waals surface area contributed by atoms with Crippen molar-refractivity contribution in [2.45, 2.75) is 58.6 Å². The maximum absolute atomic E-state index is 5.93. The fraction of sp³-hybridized carbons (Fsp3) is 0.857. The Balaban J connectivity index is 1.95. The summed E-state index contributed by atoms with van der Waals surface area (Å²) >= 11 is 5.93. The standard InChI is InChI=1S/C14H24ClN3O/c1-4-19-12-5-11(6-12)7-13-16-17-14(8-15)18(13)9-10(2)3/h10-12H,4-9H2,1-3H3. The van der Waals surface area contributed by atoms with Crippen molar-refractivity contribution in [2.75, 3.05) is 6.61 Å². The van der Waals surface area contributed by atoms with E-state index >= 15 is 0 Å². The third-order valence-corrected chi connectivity index (χ3v) is 3.88. The molecule has 1 aliphatic rings. The van der Waals surface area contributed by atoms with Gasteiger partial charge in [-0.1, -0.05) is 13.8 Å². The molecule has 1 heterocycles. The summed E-state index contributed by atoms with van der Waals surface area (Å²) in [5.41, 5.74) is 0.